The number of carbonyl (C=O) groups is 1. The van der Waals surface area contributed by atoms with E-state index in [1.165, 1.54) is 19.3 Å². The third-order valence-corrected chi connectivity index (χ3v) is 4.06. The number of nitrogens with one attached hydrogen (secondary N) is 1. The van der Waals surface area contributed by atoms with E-state index in [1.807, 2.05) is 20.8 Å². The lowest BCUT2D eigenvalue weighted by atomic mass is 9.94. The van der Waals surface area contributed by atoms with Gasteiger partial charge in [-0.2, -0.15) is 0 Å². The summed E-state index contributed by atoms with van der Waals surface area (Å²) >= 11 is 0. The highest BCUT2D eigenvalue weighted by molar-refractivity contribution is 5.78. The van der Waals surface area contributed by atoms with Gasteiger partial charge in [0.2, 0.25) is 5.91 Å². The van der Waals surface area contributed by atoms with Gasteiger partial charge in [0, 0.05) is 18.6 Å². The number of ether oxygens (including phenoxy) is 1. The van der Waals surface area contributed by atoms with Gasteiger partial charge in [-0.1, -0.05) is 0 Å². The van der Waals surface area contributed by atoms with Crippen LogP contribution in [0, 0.1) is 0 Å². The van der Waals surface area contributed by atoms with Crippen molar-refractivity contribution < 1.29 is 9.53 Å². The predicted molar refractivity (Wildman–Crippen MR) is 76.1 cm³/mol. The fourth-order valence-corrected chi connectivity index (χ4v) is 3.09. The van der Waals surface area contributed by atoms with Crippen molar-refractivity contribution in [2.45, 2.75) is 70.6 Å². The van der Waals surface area contributed by atoms with E-state index >= 15 is 0 Å². The van der Waals surface area contributed by atoms with Gasteiger partial charge in [-0.3, -0.25) is 4.79 Å². The number of amides is 1. The van der Waals surface area contributed by atoms with Gasteiger partial charge in [-0.15, -0.1) is 0 Å². The lowest BCUT2D eigenvalue weighted by Gasteiger charge is -2.39. The number of hydrogen-bond acceptors (Lipinski definition) is 3. The number of likely N-dealkylation sites (tertiary alicyclic amines) is 1. The van der Waals surface area contributed by atoms with Crippen LogP contribution in [0.15, 0.2) is 0 Å². The number of nitrogens with zero attached hydrogens (tertiary/aromatic N) is 1. The summed E-state index contributed by atoms with van der Waals surface area (Å²) in [6, 6.07) is 0.881. The largest absolute Gasteiger partial charge is 0.366 e. The number of hydrogen-bond donors (Lipinski definition) is 1. The summed E-state index contributed by atoms with van der Waals surface area (Å²) in [5.41, 5.74) is -0.244. The van der Waals surface area contributed by atoms with Crippen LogP contribution in [0.5, 0.6) is 0 Å². The lowest BCUT2D eigenvalue weighted by Crippen LogP contribution is -2.53. The first-order valence-electron chi connectivity index (χ1n) is 7.64. The Hall–Kier alpha value is -0.610. The molecule has 2 rings (SSSR count). The van der Waals surface area contributed by atoms with Crippen molar-refractivity contribution in [1.82, 2.24) is 10.2 Å². The van der Waals surface area contributed by atoms with Crippen LogP contribution in [0.1, 0.15) is 52.9 Å². The lowest BCUT2D eigenvalue weighted by molar-refractivity contribution is -0.145. The van der Waals surface area contributed by atoms with Crippen molar-refractivity contribution in [2.75, 3.05) is 19.7 Å². The van der Waals surface area contributed by atoms with E-state index in [0.29, 0.717) is 12.1 Å². The van der Waals surface area contributed by atoms with Gasteiger partial charge < -0.3 is 15.0 Å². The molecule has 110 valence electrons. The Bertz CT molecular complexity index is 306. The van der Waals surface area contributed by atoms with Crippen molar-refractivity contribution in [3.63, 3.8) is 0 Å². The zero-order valence-corrected chi connectivity index (χ0v) is 12.6. The molecule has 2 aliphatic rings. The summed E-state index contributed by atoms with van der Waals surface area (Å²) in [4.78, 5) is 14.5. The SMILES string of the molecule is CC(C)(C)OCC(=O)N1CCCCC1C1CCCN1. The summed E-state index contributed by atoms with van der Waals surface area (Å²) < 4.78 is 5.64. The highest BCUT2D eigenvalue weighted by Crippen LogP contribution is 2.24. The summed E-state index contributed by atoms with van der Waals surface area (Å²) in [6.07, 6.45) is 5.95. The molecule has 0 aromatic carbocycles. The van der Waals surface area contributed by atoms with E-state index in [9.17, 15) is 4.79 Å². The van der Waals surface area contributed by atoms with Crippen LogP contribution in [0.3, 0.4) is 0 Å². The van der Waals surface area contributed by atoms with E-state index in [-0.39, 0.29) is 18.1 Å². The van der Waals surface area contributed by atoms with E-state index in [0.717, 1.165) is 25.9 Å². The van der Waals surface area contributed by atoms with Crippen LogP contribution in [0.2, 0.25) is 0 Å². The second-order valence-corrected chi connectivity index (χ2v) is 6.75. The Morgan fingerprint density at radius 3 is 2.68 bits per heavy atom. The predicted octanol–water partition coefficient (Wildman–Crippen LogP) is 1.93. The zero-order valence-electron chi connectivity index (χ0n) is 12.6. The third-order valence-electron chi connectivity index (χ3n) is 4.06. The summed E-state index contributed by atoms with van der Waals surface area (Å²) in [6.45, 7) is 8.19. The van der Waals surface area contributed by atoms with Crippen molar-refractivity contribution in [1.29, 1.82) is 0 Å². The van der Waals surface area contributed by atoms with E-state index in [4.69, 9.17) is 4.74 Å². The monoisotopic (exact) mass is 268 g/mol. The number of rotatable bonds is 3. The van der Waals surface area contributed by atoms with Crippen LogP contribution in [-0.4, -0.2) is 48.2 Å². The molecule has 2 atom stereocenters. The molecule has 0 saturated carbocycles. The summed E-state index contributed by atoms with van der Waals surface area (Å²) in [7, 11) is 0. The van der Waals surface area contributed by atoms with Gasteiger partial charge in [-0.05, 0) is 59.4 Å². The Balaban J connectivity index is 1.92. The zero-order chi connectivity index (χ0) is 13.9. The van der Waals surface area contributed by atoms with E-state index < -0.39 is 0 Å². The topological polar surface area (TPSA) is 41.6 Å². The van der Waals surface area contributed by atoms with Gasteiger partial charge in [0.1, 0.15) is 6.61 Å². The van der Waals surface area contributed by atoms with Gasteiger partial charge >= 0.3 is 0 Å². The second-order valence-electron chi connectivity index (χ2n) is 6.75. The molecule has 0 radical (unpaired) electrons. The van der Waals surface area contributed by atoms with E-state index in [2.05, 4.69) is 10.2 Å². The highest BCUT2D eigenvalue weighted by Gasteiger charge is 2.34. The molecule has 2 unspecified atom stereocenters. The fourth-order valence-electron chi connectivity index (χ4n) is 3.09. The van der Waals surface area contributed by atoms with Gasteiger partial charge in [0.05, 0.1) is 5.60 Å². The van der Waals surface area contributed by atoms with Crippen LogP contribution in [-0.2, 0) is 9.53 Å². The molecule has 4 heteroatoms. The molecule has 19 heavy (non-hydrogen) atoms. The number of piperidine rings is 1. The molecule has 2 aliphatic heterocycles. The molecule has 0 aromatic rings. The smallest absolute Gasteiger partial charge is 0.248 e. The Morgan fingerprint density at radius 2 is 2.05 bits per heavy atom. The van der Waals surface area contributed by atoms with Gasteiger partial charge in [-0.25, -0.2) is 0 Å². The second kappa shape index (κ2) is 6.23. The molecule has 2 fully saturated rings. The number of carbonyl (C=O) groups excluding carboxylic acids is 1. The van der Waals surface area contributed by atoms with Crippen LogP contribution in [0.4, 0.5) is 0 Å². The summed E-state index contributed by atoms with van der Waals surface area (Å²) in [5.74, 6) is 0.160. The van der Waals surface area contributed by atoms with Gasteiger partial charge in [0.15, 0.2) is 0 Å². The molecule has 0 aliphatic carbocycles. The van der Waals surface area contributed by atoms with Crippen molar-refractivity contribution in [2.24, 2.45) is 0 Å². The quantitative estimate of drug-likeness (QED) is 0.850. The molecule has 1 N–H and O–H groups in total. The standard InChI is InChI=1S/C15H28N2O2/c1-15(2,3)19-11-14(18)17-10-5-4-8-13(17)12-7-6-9-16-12/h12-13,16H,4-11H2,1-3H3. The first-order chi connectivity index (χ1) is 8.97. The highest BCUT2D eigenvalue weighted by atomic mass is 16.5. The van der Waals surface area contributed by atoms with Crippen LogP contribution in [0.25, 0.3) is 0 Å². The van der Waals surface area contributed by atoms with Crippen molar-refractivity contribution in [3.8, 4) is 0 Å². The molecule has 4 nitrogen and oxygen atoms in total. The first-order valence-corrected chi connectivity index (χ1v) is 7.64. The first kappa shape index (κ1) is 14.8. The molecule has 2 heterocycles. The van der Waals surface area contributed by atoms with Crippen molar-refractivity contribution >= 4 is 5.91 Å². The molecule has 0 spiro atoms. The average Bonchev–Trinajstić information content (AvgIpc) is 2.89. The maximum Gasteiger partial charge on any atom is 0.248 e. The third kappa shape index (κ3) is 4.18. The average molecular weight is 268 g/mol. The molecular weight excluding hydrogens is 240 g/mol. The minimum Gasteiger partial charge on any atom is -0.366 e. The molecule has 0 aromatic heterocycles. The molecular formula is C15H28N2O2. The Labute approximate surface area is 116 Å². The van der Waals surface area contributed by atoms with Crippen molar-refractivity contribution in [3.05, 3.63) is 0 Å². The molecule has 1 amide bonds. The maximum atomic E-state index is 12.4. The van der Waals surface area contributed by atoms with Crippen LogP contribution >= 0.6 is 0 Å². The minimum atomic E-state index is -0.244. The Kier molecular flexibility index (Phi) is 4.85. The van der Waals surface area contributed by atoms with E-state index in [1.54, 1.807) is 0 Å². The minimum absolute atomic E-state index is 0.160. The summed E-state index contributed by atoms with van der Waals surface area (Å²) in [5, 5.41) is 3.55. The van der Waals surface area contributed by atoms with Crippen LogP contribution < -0.4 is 5.32 Å². The van der Waals surface area contributed by atoms with Gasteiger partial charge in [0.25, 0.3) is 0 Å². The Morgan fingerprint density at radius 1 is 1.26 bits per heavy atom. The normalized spacial score (nSPS) is 28.7. The maximum absolute atomic E-state index is 12.4. The fraction of sp³-hybridized carbons (Fsp3) is 0.933. The molecule has 2 saturated heterocycles. The molecule has 0 bridgehead atoms.